The highest BCUT2D eigenvalue weighted by Crippen LogP contribution is 2.34. The Hall–Kier alpha value is -1.93. The molecular weight excluding hydrogens is 343 g/mol. The van der Waals surface area contributed by atoms with Gasteiger partial charge in [0, 0.05) is 11.1 Å². The zero-order valence-corrected chi connectivity index (χ0v) is 13.9. The Balaban J connectivity index is 1.78. The second-order valence-corrected chi connectivity index (χ2v) is 6.95. The lowest BCUT2D eigenvalue weighted by atomic mass is 10.2. The molecule has 8 heteroatoms. The Labute approximate surface area is 138 Å². The van der Waals surface area contributed by atoms with Gasteiger partial charge in [0.2, 0.25) is 0 Å². The smallest absolute Gasteiger partial charge is 0.332 e. The van der Waals surface area contributed by atoms with Crippen molar-refractivity contribution in [3.63, 3.8) is 0 Å². The summed E-state index contributed by atoms with van der Waals surface area (Å²) in [4.78, 5) is 9.86. The average molecular weight is 355 g/mol. The van der Waals surface area contributed by atoms with Crippen LogP contribution in [0, 0.1) is 13.8 Å². The number of halogens is 3. The quantitative estimate of drug-likeness (QED) is 0.660. The number of alkyl halides is 3. The fraction of sp³-hybridized carbons (Fsp3) is 0.200. The first-order valence-corrected chi connectivity index (χ1v) is 8.37. The standard InChI is InChI=1S/C15H12F3N3S2/c1-8-13(23-9(2)19-8)12-7-22-14(21-12)20-11-5-3-10(4-6-11)15(16,17)18/h3-7H,1-2H3,(H,20,21). The van der Waals surface area contributed by atoms with E-state index >= 15 is 0 Å². The number of aryl methyl sites for hydroxylation is 2. The molecule has 0 atom stereocenters. The summed E-state index contributed by atoms with van der Waals surface area (Å²) in [5.74, 6) is 0. The molecule has 0 fully saturated rings. The van der Waals surface area contributed by atoms with Crippen LogP contribution in [0.5, 0.6) is 0 Å². The second-order valence-electron chi connectivity index (χ2n) is 4.89. The van der Waals surface area contributed by atoms with E-state index in [0.29, 0.717) is 10.8 Å². The second kappa shape index (κ2) is 5.93. The van der Waals surface area contributed by atoms with Gasteiger partial charge in [-0.15, -0.1) is 22.7 Å². The molecule has 0 saturated heterocycles. The third-order valence-corrected chi connectivity index (χ3v) is 4.96. The SMILES string of the molecule is Cc1nc(C)c(-c2csc(Nc3ccc(C(F)(F)F)cc3)n2)s1. The van der Waals surface area contributed by atoms with Gasteiger partial charge in [-0.2, -0.15) is 13.2 Å². The summed E-state index contributed by atoms with van der Waals surface area (Å²) in [6, 6.07) is 4.89. The van der Waals surface area contributed by atoms with Gasteiger partial charge in [0.1, 0.15) is 0 Å². The largest absolute Gasteiger partial charge is 0.416 e. The van der Waals surface area contributed by atoms with E-state index in [1.165, 1.54) is 23.5 Å². The molecule has 120 valence electrons. The minimum Gasteiger partial charge on any atom is -0.332 e. The number of hydrogen-bond donors (Lipinski definition) is 1. The van der Waals surface area contributed by atoms with Crippen LogP contribution in [0.25, 0.3) is 10.6 Å². The van der Waals surface area contributed by atoms with Crippen LogP contribution >= 0.6 is 22.7 Å². The van der Waals surface area contributed by atoms with E-state index in [9.17, 15) is 13.2 Å². The van der Waals surface area contributed by atoms with E-state index in [0.717, 1.165) is 33.4 Å². The first-order valence-electron chi connectivity index (χ1n) is 6.67. The van der Waals surface area contributed by atoms with Crippen molar-refractivity contribution in [2.24, 2.45) is 0 Å². The molecular formula is C15H12F3N3S2. The summed E-state index contributed by atoms with van der Waals surface area (Å²) in [6.45, 7) is 3.87. The van der Waals surface area contributed by atoms with Crippen molar-refractivity contribution < 1.29 is 13.2 Å². The fourth-order valence-corrected chi connectivity index (χ4v) is 3.75. The van der Waals surface area contributed by atoms with Crippen LogP contribution in [0.15, 0.2) is 29.6 Å². The molecule has 0 amide bonds. The highest BCUT2D eigenvalue weighted by Gasteiger charge is 2.29. The maximum Gasteiger partial charge on any atom is 0.416 e. The minimum atomic E-state index is -4.32. The van der Waals surface area contributed by atoms with Crippen LogP contribution in [0.4, 0.5) is 24.0 Å². The number of hydrogen-bond acceptors (Lipinski definition) is 5. The monoisotopic (exact) mass is 355 g/mol. The Bertz CT molecular complexity index is 819. The Kier molecular flexibility index (Phi) is 4.11. The Morgan fingerprint density at radius 2 is 1.74 bits per heavy atom. The van der Waals surface area contributed by atoms with Gasteiger partial charge in [-0.3, -0.25) is 0 Å². The van der Waals surface area contributed by atoms with Crippen molar-refractivity contribution >= 4 is 33.5 Å². The summed E-state index contributed by atoms with van der Waals surface area (Å²) in [6.07, 6.45) is -4.32. The highest BCUT2D eigenvalue weighted by atomic mass is 32.1. The molecule has 0 aliphatic heterocycles. The van der Waals surface area contributed by atoms with Gasteiger partial charge in [0.05, 0.1) is 26.8 Å². The maximum absolute atomic E-state index is 12.5. The van der Waals surface area contributed by atoms with Crippen molar-refractivity contribution in [3.05, 3.63) is 45.9 Å². The molecule has 2 heterocycles. The third-order valence-electron chi connectivity index (χ3n) is 3.10. The predicted molar refractivity (Wildman–Crippen MR) is 87.4 cm³/mol. The molecule has 2 aromatic heterocycles. The minimum absolute atomic E-state index is 0.566. The summed E-state index contributed by atoms with van der Waals surface area (Å²) in [7, 11) is 0. The van der Waals surface area contributed by atoms with Crippen LogP contribution < -0.4 is 5.32 Å². The summed E-state index contributed by atoms with van der Waals surface area (Å²) in [5.41, 5.74) is 1.65. The number of rotatable bonds is 3. The highest BCUT2D eigenvalue weighted by molar-refractivity contribution is 7.16. The van der Waals surface area contributed by atoms with Crippen molar-refractivity contribution in [2.45, 2.75) is 20.0 Å². The molecule has 0 bridgehead atoms. The zero-order valence-electron chi connectivity index (χ0n) is 12.2. The summed E-state index contributed by atoms with van der Waals surface area (Å²) < 4.78 is 37.6. The molecule has 0 saturated carbocycles. The molecule has 0 aliphatic rings. The number of thiazole rings is 2. The third kappa shape index (κ3) is 3.53. The molecule has 1 aromatic carbocycles. The molecule has 0 spiro atoms. The molecule has 3 aromatic rings. The topological polar surface area (TPSA) is 37.8 Å². The molecule has 1 N–H and O–H groups in total. The van der Waals surface area contributed by atoms with E-state index in [1.54, 1.807) is 11.3 Å². The zero-order chi connectivity index (χ0) is 16.6. The van der Waals surface area contributed by atoms with Crippen LogP contribution in [-0.2, 0) is 6.18 Å². The Morgan fingerprint density at radius 3 is 2.30 bits per heavy atom. The maximum atomic E-state index is 12.5. The van der Waals surface area contributed by atoms with E-state index in [4.69, 9.17) is 0 Å². The van der Waals surface area contributed by atoms with Gasteiger partial charge >= 0.3 is 6.18 Å². The molecule has 0 unspecified atom stereocenters. The Morgan fingerprint density at radius 1 is 1.04 bits per heavy atom. The molecule has 0 aliphatic carbocycles. The fourth-order valence-electron chi connectivity index (χ4n) is 2.07. The van der Waals surface area contributed by atoms with Gasteiger partial charge < -0.3 is 5.32 Å². The number of aromatic nitrogens is 2. The average Bonchev–Trinajstić information content (AvgIpc) is 3.05. The number of nitrogens with one attached hydrogen (secondary N) is 1. The van der Waals surface area contributed by atoms with E-state index < -0.39 is 11.7 Å². The van der Waals surface area contributed by atoms with Gasteiger partial charge in [0.25, 0.3) is 0 Å². The van der Waals surface area contributed by atoms with E-state index in [1.807, 2.05) is 19.2 Å². The predicted octanol–water partition coefficient (Wildman–Crippen LogP) is 5.65. The first kappa shape index (κ1) is 15.9. The van der Waals surface area contributed by atoms with Crippen molar-refractivity contribution in [1.29, 1.82) is 0 Å². The normalized spacial score (nSPS) is 11.7. The molecule has 3 nitrogen and oxygen atoms in total. The van der Waals surface area contributed by atoms with Gasteiger partial charge in [-0.25, -0.2) is 9.97 Å². The number of anilines is 2. The van der Waals surface area contributed by atoms with E-state index in [2.05, 4.69) is 15.3 Å². The lowest BCUT2D eigenvalue weighted by molar-refractivity contribution is -0.137. The molecule has 23 heavy (non-hydrogen) atoms. The van der Waals surface area contributed by atoms with Crippen molar-refractivity contribution in [2.75, 3.05) is 5.32 Å². The van der Waals surface area contributed by atoms with Gasteiger partial charge in [0.15, 0.2) is 5.13 Å². The molecule has 3 rings (SSSR count). The summed E-state index contributed by atoms with van der Waals surface area (Å²) >= 11 is 2.97. The summed E-state index contributed by atoms with van der Waals surface area (Å²) in [5, 5.41) is 6.54. The van der Waals surface area contributed by atoms with Crippen LogP contribution in [0.2, 0.25) is 0 Å². The lowest BCUT2D eigenvalue weighted by Crippen LogP contribution is -2.04. The van der Waals surface area contributed by atoms with Gasteiger partial charge in [-0.1, -0.05) is 0 Å². The van der Waals surface area contributed by atoms with Crippen molar-refractivity contribution in [3.8, 4) is 10.6 Å². The lowest BCUT2D eigenvalue weighted by Gasteiger charge is -2.07. The van der Waals surface area contributed by atoms with Crippen LogP contribution in [-0.4, -0.2) is 9.97 Å². The van der Waals surface area contributed by atoms with Crippen molar-refractivity contribution in [1.82, 2.24) is 9.97 Å². The number of benzene rings is 1. The van der Waals surface area contributed by atoms with Gasteiger partial charge in [-0.05, 0) is 38.1 Å². The number of nitrogens with zero attached hydrogens (tertiary/aromatic N) is 2. The van der Waals surface area contributed by atoms with Crippen LogP contribution in [0.3, 0.4) is 0 Å². The first-order chi connectivity index (χ1) is 10.8. The molecule has 0 radical (unpaired) electrons. The van der Waals surface area contributed by atoms with Crippen LogP contribution in [0.1, 0.15) is 16.3 Å². The van der Waals surface area contributed by atoms with E-state index in [-0.39, 0.29) is 0 Å².